The van der Waals surface area contributed by atoms with E-state index < -0.39 is 11.9 Å². The Morgan fingerprint density at radius 1 is 1.22 bits per heavy atom. The standard InChI is InChI=1S/C13H10Cl2FNO/c14-10-1-2-12(15)8(3-10)5-13(18)9-4-11(16)7-17-6-9/h1-4,6-7,13,18H,5H2. The molecule has 94 valence electrons. The first-order chi connectivity index (χ1) is 8.56. The summed E-state index contributed by atoms with van der Waals surface area (Å²) in [5.74, 6) is -0.483. The van der Waals surface area contributed by atoms with E-state index in [1.165, 1.54) is 12.3 Å². The highest BCUT2D eigenvalue weighted by molar-refractivity contribution is 6.33. The van der Waals surface area contributed by atoms with Gasteiger partial charge in [-0.3, -0.25) is 4.98 Å². The van der Waals surface area contributed by atoms with Gasteiger partial charge in [-0.2, -0.15) is 0 Å². The van der Waals surface area contributed by atoms with E-state index in [1.54, 1.807) is 18.2 Å². The number of halogens is 3. The van der Waals surface area contributed by atoms with Crippen LogP contribution in [0.5, 0.6) is 0 Å². The van der Waals surface area contributed by atoms with E-state index in [2.05, 4.69) is 4.98 Å². The molecule has 0 saturated carbocycles. The predicted molar refractivity (Wildman–Crippen MR) is 69.3 cm³/mol. The Morgan fingerprint density at radius 2 is 2.00 bits per heavy atom. The van der Waals surface area contributed by atoms with Crippen molar-refractivity contribution < 1.29 is 9.50 Å². The molecule has 5 heteroatoms. The van der Waals surface area contributed by atoms with Crippen molar-refractivity contribution in [2.24, 2.45) is 0 Å². The largest absolute Gasteiger partial charge is 0.388 e. The third-order valence-electron chi connectivity index (χ3n) is 2.53. The molecule has 0 aliphatic rings. The van der Waals surface area contributed by atoms with Crippen LogP contribution in [0.15, 0.2) is 36.7 Å². The number of pyridine rings is 1. The SMILES string of the molecule is OC(Cc1cc(Cl)ccc1Cl)c1cncc(F)c1. The van der Waals surface area contributed by atoms with E-state index in [-0.39, 0.29) is 6.42 Å². The maximum absolute atomic E-state index is 13.0. The van der Waals surface area contributed by atoms with Crippen molar-refractivity contribution in [3.05, 3.63) is 63.6 Å². The summed E-state index contributed by atoms with van der Waals surface area (Å²) >= 11 is 11.9. The molecule has 1 unspecified atom stereocenters. The third kappa shape index (κ3) is 3.19. The summed E-state index contributed by atoms with van der Waals surface area (Å²) in [6, 6.07) is 6.26. The lowest BCUT2D eigenvalue weighted by Crippen LogP contribution is -2.03. The molecule has 1 heterocycles. The van der Waals surface area contributed by atoms with Crippen molar-refractivity contribution in [1.29, 1.82) is 0 Å². The molecule has 1 atom stereocenters. The van der Waals surface area contributed by atoms with Crippen LogP contribution in [0.2, 0.25) is 10.0 Å². The van der Waals surface area contributed by atoms with Crippen LogP contribution < -0.4 is 0 Å². The average Bonchev–Trinajstić information content (AvgIpc) is 2.34. The van der Waals surface area contributed by atoms with Crippen molar-refractivity contribution in [1.82, 2.24) is 4.98 Å². The van der Waals surface area contributed by atoms with Gasteiger partial charge in [-0.05, 0) is 29.8 Å². The lowest BCUT2D eigenvalue weighted by Gasteiger charge is -2.12. The van der Waals surface area contributed by atoms with Crippen molar-refractivity contribution in [2.75, 3.05) is 0 Å². The lowest BCUT2D eigenvalue weighted by atomic mass is 10.0. The van der Waals surface area contributed by atoms with Crippen LogP contribution in [0, 0.1) is 5.82 Å². The minimum Gasteiger partial charge on any atom is -0.388 e. The summed E-state index contributed by atoms with van der Waals surface area (Å²) in [4.78, 5) is 3.69. The molecule has 0 radical (unpaired) electrons. The van der Waals surface area contributed by atoms with Gasteiger partial charge in [0.2, 0.25) is 0 Å². The summed E-state index contributed by atoms with van der Waals surface area (Å²) in [5, 5.41) is 11.1. The Bertz CT molecular complexity index is 562. The fourth-order valence-corrected chi connectivity index (χ4v) is 2.03. The molecule has 18 heavy (non-hydrogen) atoms. The molecule has 2 nitrogen and oxygen atoms in total. The second-order valence-corrected chi connectivity index (χ2v) is 4.74. The van der Waals surface area contributed by atoms with Crippen molar-refractivity contribution in [2.45, 2.75) is 12.5 Å². The van der Waals surface area contributed by atoms with Gasteiger partial charge >= 0.3 is 0 Å². The van der Waals surface area contributed by atoms with Crippen LogP contribution >= 0.6 is 23.2 Å². The smallest absolute Gasteiger partial charge is 0.141 e. The first kappa shape index (κ1) is 13.3. The number of aliphatic hydroxyl groups is 1. The van der Waals surface area contributed by atoms with Gasteiger partial charge in [-0.1, -0.05) is 23.2 Å². The maximum Gasteiger partial charge on any atom is 0.141 e. The predicted octanol–water partition coefficient (Wildman–Crippen LogP) is 3.80. The topological polar surface area (TPSA) is 33.1 Å². The normalized spacial score (nSPS) is 12.4. The molecule has 0 aliphatic heterocycles. The molecule has 2 aromatic rings. The molecule has 0 fully saturated rings. The molecule has 1 aromatic carbocycles. The quantitative estimate of drug-likeness (QED) is 0.930. The summed E-state index contributed by atoms with van der Waals surface area (Å²) < 4.78 is 13.0. The molecule has 0 amide bonds. The first-order valence-corrected chi connectivity index (χ1v) is 6.04. The molecule has 0 saturated heterocycles. The van der Waals surface area contributed by atoms with E-state index in [1.807, 2.05) is 0 Å². The van der Waals surface area contributed by atoms with Crippen LogP contribution in [-0.2, 0) is 6.42 Å². The number of hydrogen-bond acceptors (Lipinski definition) is 2. The second kappa shape index (κ2) is 5.65. The van der Waals surface area contributed by atoms with Gasteiger partial charge in [-0.15, -0.1) is 0 Å². The zero-order valence-corrected chi connectivity index (χ0v) is 10.8. The number of nitrogens with zero attached hydrogens (tertiary/aromatic N) is 1. The zero-order valence-electron chi connectivity index (χ0n) is 9.28. The van der Waals surface area contributed by atoms with E-state index in [4.69, 9.17) is 23.2 Å². The van der Waals surface area contributed by atoms with Crippen molar-refractivity contribution >= 4 is 23.2 Å². The van der Waals surface area contributed by atoms with E-state index in [0.29, 0.717) is 21.2 Å². The van der Waals surface area contributed by atoms with Crippen LogP contribution in [0.1, 0.15) is 17.2 Å². The zero-order chi connectivity index (χ0) is 13.1. The molecule has 0 bridgehead atoms. The van der Waals surface area contributed by atoms with Gasteiger partial charge < -0.3 is 5.11 Å². The molecule has 0 aliphatic carbocycles. The summed E-state index contributed by atoms with van der Waals surface area (Å²) in [7, 11) is 0. The summed E-state index contributed by atoms with van der Waals surface area (Å²) in [6.45, 7) is 0. The number of aromatic nitrogens is 1. The molecular formula is C13H10Cl2FNO. The Morgan fingerprint density at radius 3 is 2.72 bits per heavy atom. The summed E-state index contributed by atoms with van der Waals surface area (Å²) in [5.41, 5.74) is 1.12. The van der Waals surface area contributed by atoms with Crippen molar-refractivity contribution in [3.8, 4) is 0 Å². The molecule has 0 spiro atoms. The summed E-state index contributed by atoms with van der Waals surface area (Å²) in [6.07, 6.45) is 1.89. The van der Waals surface area contributed by atoms with E-state index >= 15 is 0 Å². The third-order valence-corrected chi connectivity index (χ3v) is 3.14. The Labute approximate surface area is 114 Å². The number of rotatable bonds is 3. The van der Waals surface area contributed by atoms with E-state index in [0.717, 1.165) is 6.20 Å². The maximum atomic E-state index is 13.0. The first-order valence-electron chi connectivity index (χ1n) is 5.28. The highest BCUT2D eigenvalue weighted by Crippen LogP contribution is 2.26. The molecule has 2 rings (SSSR count). The van der Waals surface area contributed by atoms with Crippen LogP contribution in [0.25, 0.3) is 0 Å². The minimum atomic E-state index is -0.871. The monoisotopic (exact) mass is 285 g/mol. The average molecular weight is 286 g/mol. The van der Waals surface area contributed by atoms with Gasteiger partial charge in [-0.25, -0.2) is 4.39 Å². The fraction of sp³-hybridized carbons (Fsp3) is 0.154. The fourth-order valence-electron chi connectivity index (χ4n) is 1.64. The van der Waals surface area contributed by atoms with Crippen LogP contribution in [0.4, 0.5) is 4.39 Å². The van der Waals surface area contributed by atoms with E-state index in [9.17, 15) is 9.50 Å². The van der Waals surface area contributed by atoms with Crippen LogP contribution in [0.3, 0.4) is 0 Å². The lowest BCUT2D eigenvalue weighted by molar-refractivity contribution is 0.177. The van der Waals surface area contributed by atoms with Gasteiger partial charge in [0.15, 0.2) is 0 Å². The highest BCUT2D eigenvalue weighted by Gasteiger charge is 2.12. The Kier molecular flexibility index (Phi) is 4.17. The molecule has 1 N–H and O–H groups in total. The van der Waals surface area contributed by atoms with Gasteiger partial charge in [0.1, 0.15) is 5.82 Å². The van der Waals surface area contributed by atoms with Crippen molar-refractivity contribution in [3.63, 3.8) is 0 Å². The molecular weight excluding hydrogens is 276 g/mol. The second-order valence-electron chi connectivity index (χ2n) is 3.89. The van der Waals surface area contributed by atoms with Gasteiger partial charge in [0, 0.05) is 28.2 Å². The van der Waals surface area contributed by atoms with Crippen LogP contribution in [-0.4, -0.2) is 10.1 Å². The Balaban J connectivity index is 2.21. The van der Waals surface area contributed by atoms with Gasteiger partial charge in [0.25, 0.3) is 0 Å². The Hall–Kier alpha value is -1.16. The molecule has 1 aromatic heterocycles. The highest BCUT2D eigenvalue weighted by atomic mass is 35.5. The number of benzene rings is 1. The minimum absolute atomic E-state index is 0.254. The number of aliphatic hydroxyl groups excluding tert-OH is 1. The van der Waals surface area contributed by atoms with Gasteiger partial charge in [0.05, 0.1) is 12.3 Å². The number of hydrogen-bond donors (Lipinski definition) is 1.